The molecule has 226 valence electrons. The summed E-state index contributed by atoms with van der Waals surface area (Å²) in [7, 11) is -1.29. The monoisotopic (exact) mass is 615 g/mol. The van der Waals surface area contributed by atoms with Crippen LogP contribution in [0.1, 0.15) is 32.8 Å². The van der Waals surface area contributed by atoms with E-state index in [4.69, 9.17) is 21.1 Å². The van der Waals surface area contributed by atoms with Crippen LogP contribution in [0.4, 0.5) is 5.69 Å². The van der Waals surface area contributed by atoms with Gasteiger partial charge in [-0.05, 0) is 60.4 Å². The number of ether oxygens (including phenoxy) is 2. The van der Waals surface area contributed by atoms with Gasteiger partial charge in [0.2, 0.25) is 11.8 Å². The van der Waals surface area contributed by atoms with Gasteiger partial charge in [0, 0.05) is 18.1 Å². The van der Waals surface area contributed by atoms with Gasteiger partial charge in [0.15, 0.2) is 0 Å². The molecule has 0 fully saturated rings. The van der Waals surface area contributed by atoms with Gasteiger partial charge < -0.3 is 19.7 Å². The number of nitrogens with one attached hydrogen (secondary N) is 1. The van der Waals surface area contributed by atoms with Crippen LogP contribution in [-0.4, -0.2) is 58.5 Å². The number of nitrogens with zero attached hydrogens (tertiary/aromatic N) is 2. The Morgan fingerprint density at radius 2 is 1.62 bits per heavy atom. The van der Waals surface area contributed by atoms with Crippen molar-refractivity contribution in [2.24, 2.45) is 5.92 Å². The van der Waals surface area contributed by atoms with Gasteiger partial charge in [-0.25, -0.2) is 8.42 Å². The third-order valence-corrected chi connectivity index (χ3v) is 8.61. The molecule has 0 unspecified atom stereocenters. The van der Waals surface area contributed by atoms with Crippen molar-refractivity contribution < 1.29 is 27.5 Å². The van der Waals surface area contributed by atoms with Gasteiger partial charge in [-0.15, -0.1) is 0 Å². The molecule has 0 heterocycles. The lowest BCUT2D eigenvalue weighted by molar-refractivity contribution is -0.140. The van der Waals surface area contributed by atoms with Crippen LogP contribution in [0.2, 0.25) is 5.02 Å². The molecule has 3 rings (SSSR count). The highest BCUT2D eigenvalue weighted by Crippen LogP contribution is 2.35. The van der Waals surface area contributed by atoms with E-state index in [1.54, 1.807) is 61.7 Å². The lowest BCUT2D eigenvalue weighted by Crippen LogP contribution is -2.52. The molecule has 11 heteroatoms. The molecule has 3 aromatic carbocycles. The minimum absolute atomic E-state index is 0.0109. The summed E-state index contributed by atoms with van der Waals surface area (Å²) < 4.78 is 39.7. The molecular weight excluding hydrogens is 578 g/mol. The predicted molar refractivity (Wildman–Crippen MR) is 164 cm³/mol. The zero-order valence-corrected chi connectivity index (χ0v) is 26.1. The fourth-order valence-corrected chi connectivity index (χ4v) is 5.96. The lowest BCUT2D eigenvalue weighted by atomic mass is 10.1. The second-order valence-electron chi connectivity index (χ2n) is 10.1. The maximum atomic E-state index is 14.2. The number of methoxy groups -OCH3 is 2. The van der Waals surface area contributed by atoms with Crippen LogP contribution in [-0.2, 0) is 26.2 Å². The molecular formula is C31H38ClN3O6S. The molecule has 3 aromatic rings. The molecule has 0 aliphatic carbocycles. The Morgan fingerprint density at radius 3 is 2.19 bits per heavy atom. The number of hydrogen-bond donors (Lipinski definition) is 1. The third-order valence-electron chi connectivity index (χ3n) is 6.60. The minimum Gasteiger partial charge on any atom is -0.497 e. The summed E-state index contributed by atoms with van der Waals surface area (Å²) >= 11 is 6.28. The zero-order valence-electron chi connectivity index (χ0n) is 24.5. The standard InChI is InChI=1S/C31H38ClN3O6S/c1-6-27(31(37)33-19-22(2)3)34(20-23-12-15-25(40-4)16-13-23)30(36)21-35(28-18-24(32)14-17-29(28)41-5)42(38,39)26-10-8-7-9-11-26/h7-18,22,27H,6,19-21H2,1-5H3,(H,33,37)/t27-/m1/s1. The van der Waals surface area contributed by atoms with Crippen LogP contribution in [0.3, 0.4) is 0 Å². The lowest BCUT2D eigenvalue weighted by Gasteiger charge is -2.33. The van der Waals surface area contributed by atoms with E-state index in [1.807, 2.05) is 20.8 Å². The van der Waals surface area contributed by atoms with Crippen LogP contribution < -0.4 is 19.1 Å². The second kappa shape index (κ2) is 14.9. The minimum atomic E-state index is -4.26. The molecule has 1 atom stereocenters. The Kier molecular flexibility index (Phi) is 11.6. The highest BCUT2D eigenvalue weighted by Gasteiger charge is 2.35. The highest BCUT2D eigenvalue weighted by molar-refractivity contribution is 7.92. The molecule has 9 nitrogen and oxygen atoms in total. The largest absolute Gasteiger partial charge is 0.497 e. The van der Waals surface area contributed by atoms with E-state index < -0.39 is 28.5 Å². The van der Waals surface area contributed by atoms with E-state index in [2.05, 4.69) is 5.32 Å². The van der Waals surface area contributed by atoms with Crippen LogP contribution in [0.25, 0.3) is 0 Å². The molecule has 0 saturated carbocycles. The van der Waals surface area contributed by atoms with Gasteiger partial charge in [-0.3, -0.25) is 13.9 Å². The molecule has 2 amide bonds. The summed E-state index contributed by atoms with van der Waals surface area (Å²) in [6.07, 6.45) is 0.317. The van der Waals surface area contributed by atoms with Gasteiger partial charge in [0.1, 0.15) is 24.1 Å². The van der Waals surface area contributed by atoms with Crippen molar-refractivity contribution in [3.8, 4) is 11.5 Å². The summed E-state index contributed by atoms with van der Waals surface area (Å²) in [5.41, 5.74) is 0.848. The number of amides is 2. The van der Waals surface area contributed by atoms with Gasteiger partial charge >= 0.3 is 0 Å². The number of sulfonamides is 1. The Labute approximate surface area is 253 Å². The molecule has 0 saturated heterocycles. The maximum Gasteiger partial charge on any atom is 0.264 e. The Morgan fingerprint density at radius 1 is 0.952 bits per heavy atom. The first-order valence-corrected chi connectivity index (χ1v) is 15.4. The molecule has 0 aliphatic heterocycles. The van der Waals surface area contributed by atoms with E-state index in [1.165, 1.54) is 30.2 Å². The molecule has 0 aliphatic rings. The van der Waals surface area contributed by atoms with Crippen molar-refractivity contribution in [2.45, 2.75) is 44.7 Å². The van der Waals surface area contributed by atoms with Crippen molar-refractivity contribution in [1.29, 1.82) is 0 Å². The summed E-state index contributed by atoms with van der Waals surface area (Å²) in [6.45, 7) is 5.68. The smallest absolute Gasteiger partial charge is 0.264 e. The molecule has 1 N–H and O–H groups in total. The van der Waals surface area contributed by atoms with E-state index in [0.717, 1.165) is 9.87 Å². The van der Waals surface area contributed by atoms with Gasteiger partial charge in [0.25, 0.3) is 10.0 Å². The number of hydrogen-bond acceptors (Lipinski definition) is 6. The van der Waals surface area contributed by atoms with Crippen molar-refractivity contribution in [3.63, 3.8) is 0 Å². The number of carbonyl (C=O) groups is 2. The second-order valence-corrected chi connectivity index (χ2v) is 12.4. The fourth-order valence-electron chi connectivity index (χ4n) is 4.36. The fraction of sp³-hybridized carbons (Fsp3) is 0.355. The van der Waals surface area contributed by atoms with E-state index in [9.17, 15) is 18.0 Å². The van der Waals surface area contributed by atoms with Crippen molar-refractivity contribution in [3.05, 3.63) is 83.4 Å². The van der Waals surface area contributed by atoms with E-state index >= 15 is 0 Å². The molecule has 0 bridgehead atoms. The molecule has 0 spiro atoms. The first kappa shape index (κ1) is 32.8. The molecule has 42 heavy (non-hydrogen) atoms. The number of rotatable bonds is 14. The summed E-state index contributed by atoms with van der Waals surface area (Å²) in [6, 6.07) is 18.6. The predicted octanol–water partition coefficient (Wildman–Crippen LogP) is 5.13. The Hall–Kier alpha value is -3.76. The van der Waals surface area contributed by atoms with E-state index in [-0.39, 0.29) is 39.7 Å². The van der Waals surface area contributed by atoms with Crippen LogP contribution >= 0.6 is 11.6 Å². The topological polar surface area (TPSA) is 105 Å². The number of benzene rings is 3. The highest BCUT2D eigenvalue weighted by atomic mass is 35.5. The first-order valence-electron chi connectivity index (χ1n) is 13.6. The van der Waals surface area contributed by atoms with Gasteiger partial charge in [-0.1, -0.05) is 62.7 Å². The maximum absolute atomic E-state index is 14.2. The third kappa shape index (κ3) is 8.17. The zero-order chi connectivity index (χ0) is 30.9. The average molecular weight is 616 g/mol. The number of halogens is 1. The summed E-state index contributed by atoms with van der Waals surface area (Å²) in [5.74, 6) is 0.186. The van der Waals surface area contributed by atoms with Crippen molar-refractivity contribution in [1.82, 2.24) is 10.2 Å². The summed E-state index contributed by atoms with van der Waals surface area (Å²) in [4.78, 5) is 28.9. The van der Waals surface area contributed by atoms with E-state index in [0.29, 0.717) is 18.7 Å². The van der Waals surface area contributed by atoms with Crippen molar-refractivity contribution in [2.75, 3.05) is 31.6 Å². The van der Waals surface area contributed by atoms with Gasteiger partial charge in [0.05, 0.1) is 24.8 Å². The van der Waals surface area contributed by atoms with Crippen LogP contribution in [0, 0.1) is 5.92 Å². The average Bonchev–Trinajstić information content (AvgIpc) is 2.99. The number of carbonyl (C=O) groups excluding carboxylic acids is 2. The molecule has 0 radical (unpaired) electrons. The van der Waals surface area contributed by atoms with Gasteiger partial charge in [-0.2, -0.15) is 0 Å². The Bertz CT molecular complexity index is 1450. The summed E-state index contributed by atoms with van der Waals surface area (Å²) in [5, 5.41) is 3.18. The Balaban J connectivity index is 2.10. The first-order chi connectivity index (χ1) is 20.0. The normalized spacial score (nSPS) is 12.0. The quantitative estimate of drug-likeness (QED) is 0.270. The SMILES string of the molecule is CC[C@H](C(=O)NCC(C)C)N(Cc1ccc(OC)cc1)C(=O)CN(c1cc(Cl)ccc1OC)S(=O)(=O)c1ccccc1. The van der Waals surface area contributed by atoms with Crippen molar-refractivity contribution >= 4 is 39.1 Å². The number of anilines is 1. The van der Waals surface area contributed by atoms with Crippen LogP contribution in [0.15, 0.2) is 77.7 Å². The molecule has 0 aromatic heterocycles. The van der Waals surface area contributed by atoms with Crippen LogP contribution in [0.5, 0.6) is 11.5 Å².